The summed E-state index contributed by atoms with van der Waals surface area (Å²) in [6.07, 6.45) is 5.05. The lowest BCUT2D eigenvalue weighted by Gasteiger charge is -2.21. The highest BCUT2D eigenvalue weighted by Crippen LogP contribution is 2.37. The summed E-state index contributed by atoms with van der Waals surface area (Å²) in [6, 6.07) is 20.4. The van der Waals surface area contributed by atoms with E-state index < -0.39 is 0 Å². The number of aliphatic hydroxyl groups excluding tert-OH is 1. The van der Waals surface area contributed by atoms with Gasteiger partial charge in [-0.3, -0.25) is 0 Å². The van der Waals surface area contributed by atoms with Crippen LogP contribution in [0, 0.1) is 5.92 Å². The maximum absolute atomic E-state index is 9.81. The molecule has 2 aromatic carbocycles. The number of ether oxygens (including phenoxy) is 1. The van der Waals surface area contributed by atoms with E-state index in [4.69, 9.17) is 4.74 Å². The average Bonchev–Trinajstić information content (AvgIpc) is 3.22. The van der Waals surface area contributed by atoms with Crippen molar-refractivity contribution in [2.24, 2.45) is 5.92 Å². The first-order chi connectivity index (χ1) is 12.8. The molecule has 1 fully saturated rings. The normalized spacial score (nSPS) is 16.0. The largest absolute Gasteiger partial charge is 0.487 e. The second kappa shape index (κ2) is 7.88. The monoisotopic (exact) mass is 347 g/mol. The number of pyridine rings is 1. The molecule has 1 saturated carbocycles. The number of para-hydroxylation sites is 1. The molecule has 3 nitrogen and oxygen atoms in total. The van der Waals surface area contributed by atoms with Gasteiger partial charge in [-0.1, -0.05) is 49.2 Å². The maximum atomic E-state index is 9.81. The van der Waals surface area contributed by atoms with Crippen LogP contribution >= 0.6 is 0 Å². The third-order valence-electron chi connectivity index (χ3n) is 5.52. The molecule has 26 heavy (non-hydrogen) atoms. The molecular weight excluding hydrogens is 322 g/mol. The topological polar surface area (TPSA) is 42.4 Å². The first-order valence-corrected chi connectivity index (χ1v) is 9.52. The summed E-state index contributed by atoms with van der Waals surface area (Å²) in [5.41, 5.74) is 3.13. The molecule has 0 amide bonds. The van der Waals surface area contributed by atoms with Gasteiger partial charge in [-0.05, 0) is 48.6 Å². The Morgan fingerprint density at radius 1 is 0.962 bits per heavy atom. The van der Waals surface area contributed by atoms with Crippen molar-refractivity contribution in [3.8, 4) is 5.75 Å². The van der Waals surface area contributed by atoms with Gasteiger partial charge in [0.2, 0.25) is 0 Å². The maximum Gasteiger partial charge on any atom is 0.130 e. The van der Waals surface area contributed by atoms with Crippen LogP contribution in [0.25, 0.3) is 10.9 Å². The zero-order valence-electron chi connectivity index (χ0n) is 15.0. The van der Waals surface area contributed by atoms with Gasteiger partial charge in [0, 0.05) is 11.3 Å². The zero-order chi connectivity index (χ0) is 17.8. The van der Waals surface area contributed by atoms with Gasteiger partial charge in [-0.2, -0.15) is 0 Å². The van der Waals surface area contributed by atoms with Crippen LogP contribution in [0.1, 0.15) is 42.9 Å². The number of aliphatic hydroxyl groups is 1. The van der Waals surface area contributed by atoms with Crippen molar-refractivity contribution in [1.82, 2.24) is 4.98 Å². The first kappa shape index (κ1) is 17.0. The Bertz CT molecular complexity index is 853. The van der Waals surface area contributed by atoms with E-state index in [9.17, 15) is 5.11 Å². The first-order valence-electron chi connectivity index (χ1n) is 9.52. The number of rotatable bonds is 6. The smallest absolute Gasteiger partial charge is 0.130 e. The Labute approximate surface area is 154 Å². The number of aromatic nitrogens is 1. The lowest BCUT2D eigenvalue weighted by molar-refractivity contribution is 0.225. The highest BCUT2D eigenvalue weighted by Gasteiger charge is 2.25. The molecular formula is C23H25NO2. The van der Waals surface area contributed by atoms with E-state index in [0.29, 0.717) is 12.5 Å². The second-order valence-corrected chi connectivity index (χ2v) is 7.19. The molecule has 0 bridgehead atoms. The summed E-state index contributed by atoms with van der Waals surface area (Å²) in [5.74, 6) is 1.72. The SMILES string of the molecule is OC[C@@H](c1ccc(OCc2ccc3ccccc3n2)cc1)C1CCCC1. The summed E-state index contributed by atoms with van der Waals surface area (Å²) in [5, 5.41) is 10.9. The highest BCUT2D eigenvalue weighted by atomic mass is 16.5. The van der Waals surface area contributed by atoms with Crippen molar-refractivity contribution in [3.05, 3.63) is 71.9 Å². The second-order valence-electron chi connectivity index (χ2n) is 7.19. The minimum Gasteiger partial charge on any atom is -0.487 e. The summed E-state index contributed by atoms with van der Waals surface area (Å²) >= 11 is 0. The standard InChI is InChI=1S/C23H25NO2/c25-15-22(17-5-1-2-6-17)18-10-13-21(14-11-18)26-16-20-12-9-19-7-3-4-8-23(19)24-20/h3-4,7-14,17,22,25H,1-2,5-6,15-16H2/t22-/m1/s1. The molecule has 3 heteroatoms. The van der Waals surface area contributed by atoms with Gasteiger partial charge in [0.25, 0.3) is 0 Å². The molecule has 4 rings (SSSR count). The predicted octanol–water partition coefficient (Wildman–Crippen LogP) is 5.08. The van der Waals surface area contributed by atoms with Crippen molar-refractivity contribution >= 4 is 10.9 Å². The number of benzene rings is 2. The highest BCUT2D eigenvalue weighted by molar-refractivity contribution is 5.78. The van der Waals surface area contributed by atoms with E-state index in [0.717, 1.165) is 22.3 Å². The fourth-order valence-electron chi connectivity index (χ4n) is 4.04. The van der Waals surface area contributed by atoms with Crippen LogP contribution in [0.2, 0.25) is 0 Å². The number of fused-ring (bicyclic) bond motifs is 1. The van der Waals surface area contributed by atoms with Crippen LogP contribution < -0.4 is 4.74 Å². The van der Waals surface area contributed by atoms with Crippen molar-refractivity contribution in [1.29, 1.82) is 0 Å². The molecule has 1 N–H and O–H groups in total. The Morgan fingerprint density at radius 2 is 1.73 bits per heavy atom. The van der Waals surface area contributed by atoms with Gasteiger partial charge >= 0.3 is 0 Å². The summed E-state index contributed by atoms with van der Waals surface area (Å²) in [4.78, 5) is 4.64. The van der Waals surface area contributed by atoms with E-state index in [1.807, 2.05) is 36.4 Å². The van der Waals surface area contributed by atoms with E-state index in [-0.39, 0.29) is 12.5 Å². The van der Waals surface area contributed by atoms with Crippen LogP contribution in [-0.2, 0) is 6.61 Å². The third-order valence-corrected chi connectivity index (χ3v) is 5.52. The molecule has 1 aliphatic rings. The van der Waals surface area contributed by atoms with Crippen molar-refractivity contribution < 1.29 is 9.84 Å². The van der Waals surface area contributed by atoms with Gasteiger partial charge < -0.3 is 9.84 Å². The van der Waals surface area contributed by atoms with Gasteiger partial charge in [0.05, 0.1) is 17.8 Å². The van der Waals surface area contributed by atoms with Crippen LogP contribution in [0.15, 0.2) is 60.7 Å². The quantitative estimate of drug-likeness (QED) is 0.676. The van der Waals surface area contributed by atoms with E-state index in [1.54, 1.807) is 0 Å². The molecule has 0 saturated heterocycles. The Morgan fingerprint density at radius 3 is 2.50 bits per heavy atom. The average molecular weight is 347 g/mol. The van der Waals surface area contributed by atoms with Crippen LogP contribution in [-0.4, -0.2) is 16.7 Å². The number of nitrogens with zero attached hydrogens (tertiary/aromatic N) is 1. The lowest BCUT2D eigenvalue weighted by atomic mass is 9.85. The van der Waals surface area contributed by atoms with Crippen LogP contribution in [0.3, 0.4) is 0 Å². The van der Waals surface area contributed by atoms with Crippen molar-refractivity contribution in [3.63, 3.8) is 0 Å². The van der Waals surface area contributed by atoms with Crippen molar-refractivity contribution in [2.75, 3.05) is 6.61 Å². The van der Waals surface area contributed by atoms with Gasteiger partial charge in [0.15, 0.2) is 0 Å². The van der Waals surface area contributed by atoms with E-state index in [2.05, 4.69) is 29.2 Å². The molecule has 1 aliphatic carbocycles. The fraction of sp³-hybridized carbons (Fsp3) is 0.348. The summed E-state index contributed by atoms with van der Waals surface area (Å²) in [7, 11) is 0. The molecule has 134 valence electrons. The Hall–Kier alpha value is -2.39. The minimum absolute atomic E-state index is 0.228. The summed E-state index contributed by atoms with van der Waals surface area (Å²) < 4.78 is 5.91. The van der Waals surface area contributed by atoms with E-state index >= 15 is 0 Å². The number of hydrogen-bond donors (Lipinski definition) is 1. The van der Waals surface area contributed by atoms with E-state index in [1.165, 1.54) is 31.2 Å². The van der Waals surface area contributed by atoms with Gasteiger partial charge in [-0.25, -0.2) is 4.98 Å². The van der Waals surface area contributed by atoms with Crippen molar-refractivity contribution in [2.45, 2.75) is 38.2 Å². The molecule has 1 atom stereocenters. The Kier molecular flexibility index (Phi) is 5.16. The molecule has 0 aliphatic heterocycles. The molecule has 0 radical (unpaired) electrons. The van der Waals surface area contributed by atoms with Gasteiger partial charge in [-0.15, -0.1) is 0 Å². The molecule has 0 unspecified atom stereocenters. The molecule has 1 aromatic heterocycles. The number of hydrogen-bond acceptors (Lipinski definition) is 3. The molecule has 1 heterocycles. The summed E-state index contributed by atoms with van der Waals surface area (Å²) in [6.45, 7) is 0.683. The molecule has 0 spiro atoms. The van der Waals surface area contributed by atoms with Gasteiger partial charge in [0.1, 0.15) is 12.4 Å². The third kappa shape index (κ3) is 3.73. The minimum atomic E-state index is 0.228. The molecule has 3 aromatic rings. The fourth-order valence-corrected chi connectivity index (χ4v) is 4.04. The lowest BCUT2D eigenvalue weighted by Crippen LogP contribution is -2.13. The van der Waals surface area contributed by atoms with Crippen LogP contribution in [0.4, 0.5) is 0 Å². The van der Waals surface area contributed by atoms with Crippen LogP contribution in [0.5, 0.6) is 5.75 Å². The zero-order valence-corrected chi connectivity index (χ0v) is 15.0. The predicted molar refractivity (Wildman–Crippen MR) is 104 cm³/mol. The Balaban J connectivity index is 1.41.